The maximum absolute atomic E-state index is 12.6. The number of benzene rings is 1. The zero-order chi connectivity index (χ0) is 14.5. The molecule has 5 nitrogen and oxygen atoms in total. The second-order valence-electron chi connectivity index (χ2n) is 4.19. The molecule has 1 aromatic rings. The van der Waals surface area contributed by atoms with E-state index in [1.807, 2.05) is 6.92 Å². The van der Waals surface area contributed by atoms with E-state index in [0.717, 1.165) is 0 Å². The zero-order valence-electron chi connectivity index (χ0n) is 11.7. The monoisotopic (exact) mass is 286 g/mol. The molecule has 108 valence electrons. The highest BCUT2D eigenvalue weighted by molar-refractivity contribution is 7.89. The molecule has 0 radical (unpaired) electrons. The van der Waals surface area contributed by atoms with Crippen LogP contribution in [0.5, 0.6) is 0 Å². The van der Waals surface area contributed by atoms with Crippen LogP contribution in [0.2, 0.25) is 0 Å². The summed E-state index contributed by atoms with van der Waals surface area (Å²) >= 11 is 0. The summed E-state index contributed by atoms with van der Waals surface area (Å²) in [6.45, 7) is 7.12. The van der Waals surface area contributed by atoms with Gasteiger partial charge in [-0.25, -0.2) is 8.42 Å². The van der Waals surface area contributed by atoms with Crippen molar-refractivity contribution in [3.8, 4) is 0 Å². The summed E-state index contributed by atoms with van der Waals surface area (Å²) < 4.78 is 31.8. The number of nitrogen functional groups attached to an aromatic ring is 1. The number of rotatable bonds is 7. The van der Waals surface area contributed by atoms with Gasteiger partial charge in [0.15, 0.2) is 0 Å². The van der Waals surface area contributed by atoms with E-state index in [-0.39, 0.29) is 10.6 Å². The van der Waals surface area contributed by atoms with Crippen LogP contribution in [0.3, 0.4) is 0 Å². The molecule has 0 atom stereocenters. The van der Waals surface area contributed by atoms with Crippen LogP contribution in [0.1, 0.15) is 19.4 Å². The fourth-order valence-corrected chi connectivity index (χ4v) is 3.67. The van der Waals surface area contributed by atoms with E-state index >= 15 is 0 Å². The quantitative estimate of drug-likeness (QED) is 0.611. The number of aryl methyl sites for hydroxylation is 1. The predicted molar refractivity (Wildman–Crippen MR) is 76.5 cm³/mol. The second kappa shape index (κ2) is 6.88. The van der Waals surface area contributed by atoms with Crippen molar-refractivity contribution in [2.24, 2.45) is 0 Å². The van der Waals surface area contributed by atoms with Crippen LogP contribution in [-0.4, -0.2) is 39.0 Å². The largest absolute Gasteiger partial charge is 0.398 e. The Morgan fingerprint density at radius 3 is 2.53 bits per heavy atom. The fourth-order valence-electron chi connectivity index (χ4n) is 1.92. The van der Waals surface area contributed by atoms with Gasteiger partial charge < -0.3 is 10.5 Å². The molecule has 0 aliphatic carbocycles. The normalized spacial score (nSPS) is 12.0. The molecule has 0 saturated carbocycles. The lowest BCUT2D eigenvalue weighted by molar-refractivity contribution is 0.135. The highest BCUT2D eigenvalue weighted by Gasteiger charge is 2.26. The molecule has 1 rings (SSSR count). The zero-order valence-corrected chi connectivity index (χ0v) is 12.5. The van der Waals surface area contributed by atoms with Crippen molar-refractivity contribution in [2.45, 2.75) is 25.7 Å². The van der Waals surface area contributed by atoms with Gasteiger partial charge in [0.25, 0.3) is 0 Å². The van der Waals surface area contributed by atoms with Gasteiger partial charge in [-0.3, -0.25) is 0 Å². The summed E-state index contributed by atoms with van der Waals surface area (Å²) in [5, 5.41) is 0. The summed E-state index contributed by atoms with van der Waals surface area (Å²) in [4.78, 5) is 0.202. The number of likely N-dealkylation sites (N-methyl/N-ethyl adjacent to an activating group) is 1. The summed E-state index contributed by atoms with van der Waals surface area (Å²) in [7, 11) is -3.56. The molecule has 19 heavy (non-hydrogen) atoms. The Morgan fingerprint density at radius 2 is 2.00 bits per heavy atom. The first-order valence-electron chi connectivity index (χ1n) is 6.38. The molecule has 1 aromatic carbocycles. The number of sulfonamides is 1. The Kier molecular flexibility index (Phi) is 5.78. The van der Waals surface area contributed by atoms with Gasteiger partial charge in [0.1, 0.15) is 4.90 Å². The molecule has 0 aliphatic rings. The third kappa shape index (κ3) is 3.68. The van der Waals surface area contributed by atoms with E-state index in [2.05, 4.69) is 0 Å². The highest BCUT2D eigenvalue weighted by Crippen LogP contribution is 2.25. The minimum absolute atomic E-state index is 0.202. The number of anilines is 1. The van der Waals surface area contributed by atoms with Crippen molar-refractivity contribution in [3.05, 3.63) is 23.8 Å². The molecule has 0 heterocycles. The first-order valence-corrected chi connectivity index (χ1v) is 7.82. The van der Waals surface area contributed by atoms with Gasteiger partial charge in [-0.1, -0.05) is 19.1 Å². The minimum atomic E-state index is -3.56. The molecule has 0 aliphatic heterocycles. The van der Waals surface area contributed by atoms with Crippen LogP contribution in [0.15, 0.2) is 23.1 Å². The Labute approximate surface area is 115 Å². The molecular weight excluding hydrogens is 264 g/mol. The summed E-state index contributed by atoms with van der Waals surface area (Å²) in [6.07, 6.45) is 0. The van der Waals surface area contributed by atoms with E-state index in [0.29, 0.717) is 31.9 Å². The summed E-state index contributed by atoms with van der Waals surface area (Å²) in [6, 6.07) is 5.11. The van der Waals surface area contributed by atoms with Crippen molar-refractivity contribution >= 4 is 15.7 Å². The van der Waals surface area contributed by atoms with Crippen LogP contribution in [-0.2, 0) is 14.8 Å². The average Bonchev–Trinajstić information content (AvgIpc) is 2.34. The molecule has 0 aromatic heterocycles. The standard InChI is InChI=1S/C13H22N2O3S/c1-4-15(9-10-18-5-2)19(16,17)13-11(3)7-6-8-12(13)14/h6-8H,4-5,9-10,14H2,1-3H3. The van der Waals surface area contributed by atoms with Crippen LogP contribution < -0.4 is 5.73 Å². The van der Waals surface area contributed by atoms with Gasteiger partial charge in [-0.05, 0) is 25.5 Å². The molecule has 0 unspecified atom stereocenters. The Bertz CT molecular complexity index is 494. The second-order valence-corrected chi connectivity index (χ2v) is 6.06. The van der Waals surface area contributed by atoms with Gasteiger partial charge in [0, 0.05) is 19.7 Å². The van der Waals surface area contributed by atoms with E-state index in [1.165, 1.54) is 4.31 Å². The van der Waals surface area contributed by atoms with Crippen molar-refractivity contribution in [1.82, 2.24) is 4.31 Å². The van der Waals surface area contributed by atoms with Gasteiger partial charge in [-0.15, -0.1) is 0 Å². The Balaban J connectivity index is 3.07. The molecule has 6 heteroatoms. The maximum atomic E-state index is 12.6. The lowest BCUT2D eigenvalue weighted by Crippen LogP contribution is -2.34. The van der Waals surface area contributed by atoms with Gasteiger partial charge in [-0.2, -0.15) is 4.31 Å². The topological polar surface area (TPSA) is 72.6 Å². The fraction of sp³-hybridized carbons (Fsp3) is 0.538. The minimum Gasteiger partial charge on any atom is -0.398 e. The van der Waals surface area contributed by atoms with Gasteiger partial charge in [0.2, 0.25) is 10.0 Å². The number of nitrogens with two attached hydrogens (primary N) is 1. The van der Waals surface area contributed by atoms with Gasteiger partial charge in [0.05, 0.1) is 12.3 Å². The van der Waals surface area contributed by atoms with Crippen LogP contribution in [0.4, 0.5) is 5.69 Å². The van der Waals surface area contributed by atoms with E-state index in [1.54, 1.807) is 32.0 Å². The van der Waals surface area contributed by atoms with Crippen molar-refractivity contribution in [3.63, 3.8) is 0 Å². The van der Waals surface area contributed by atoms with Crippen molar-refractivity contribution in [2.75, 3.05) is 32.0 Å². The van der Waals surface area contributed by atoms with Crippen LogP contribution in [0.25, 0.3) is 0 Å². The molecule has 0 spiro atoms. The van der Waals surface area contributed by atoms with E-state index in [4.69, 9.17) is 10.5 Å². The highest BCUT2D eigenvalue weighted by atomic mass is 32.2. The predicted octanol–water partition coefficient (Wildman–Crippen LogP) is 1.62. The smallest absolute Gasteiger partial charge is 0.245 e. The molecule has 0 amide bonds. The SMILES string of the molecule is CCOCCN(CC)S(=O)(=O)c1c(C)cccc1N. The van der Waals surface area contributed by atoms with Crippen LogP contribution >= 0.6 is 0 Å². The molecule has 0 saturated heterocycles. The number of nitrogens with zero attached hydrogens (tertiary/aromatic N) is 1. The van der Waals surface area contributed by atoms with Crippen molar-refractivity contribution < 1.29 is 13.2 Å². The van der Waals surface area contributed by atoms with Crippen molar-refractivity contribution in [1.29, 1.82) is 0 Å². The Morgan fingerprint density at radius 1 is 1.32 bits per heavy atom. The maximum Gasteiger partial charge on any atom is 0.245 e. The Hall–Kier alpha value is -1.11. The lowest BCUT2D eigenvalue weighted by Gasteiger charge is -2.22. The molecule has 0 fully saturated rings. The lowest BCUT2D eigenvalue weighted by atomic mass is 10.2. The van der Waals surface area contributed by atoms with Gasteiger partial charge >= 0.3 is 0 Å². The molecule has 2 N–H and O–H groups in total. The number of ether oxygens (including phenoxy) is 1. The van der Waals surface area contributed by atoms with E-state index in [9.17, 15) is 8.42 Å². The number of hydrogen-bond donors (Lipinski definition) is 1. The third-order valence-corrected chi connectivity index (χ3v) is 5.08. The average molecular weight is 286 g/mol. The molecular formula is C13H22N2O3S. The summed E-state index contributed by atoms with van der Waals surface area (Å²) in [5.41, 5.74) is 6.77. The number of hydrogen-bond acceptors (Lipinski definition) is 4. The van der Waals surface area contributed by atoms with Crippen LogP contribution in [0, 0.1) is 6.92 Å². The first kappa shape index (κ1) is 15.9. The molecule has 0 bridgehead atoms. The third-order valence-electron chi connectivity index (χ3n) is 2.88. The van der Waals surface area contributed by atoms with E-state index < -0.39 is 10.0 Å². The first-order chi connectivity index (χ1) is 8.95. The summed E-state index contributed by atoms with van der Waals surface area (Å²) in [5.74, 6) is 0.